The van der Waals surface area contributed by atoms with Crippen molar-refractivity contribution in [3.05, 3.63) is 75.9 Å². The summed E-state index contributed by atoms with van der Waals surface area (Å²) in [4.78, 5) is 49.8. The van der Waals surface area contributed by atoms with Gasteiger partial charge in [0.25, 0.3) is 5.91 Å². The minimum atomic E-state index is -1.98. The third kappa shape index (κ3) is 6.60. The lowest BCUT2D eigenvalue weighted by molar-refractivity contribution is -0.146. The lowest BCUT2D eigenvalue weighted by Crippen LogP contribution is -2.59. The lowest BCUT2D eigenvalue weighted by atomic mass is 9.84. The Kier molecular flexibility index (Phi) is 9.18. The number of aryl methyl sites for hydroxylation is 1. The van der Waals surface area contributed by atoms with Gasteiger partial charge in [0.05, 0.1) is 28.7 Å². The monoisotopic (exact) mass is 648 g/mol. The first kappa shape index (κ1) is 33.7. The van der Waals surface area contributed by atoms with Crippen LogP contribution in [-0.2, 0) is 22.6 Å². The number of nitrogens with one attached hydrogen (secondary N) is 1. The van der Waals surface area contributed by atoms with Gasteiger partial charge in [-0.15, -0.1) is 11.3 Å². The SMILES string of the molecule is Cc1ncsc1-c1ccc([C@H](C)NC(=O)[C@@H]2[C@@H](F)[C@@H](O)CN2C(=O)[C@@H](N2Cc3ccccc3C2=O)C(C)(C)C)c(CC(C)(C)C)c1. The molecule has 5 rings (SSSR count). The summed E-state index contributed by atoms with van der Waals surface area (Å²) in [5, 5.41) is 13.6. The second kappa shape index (κ2) is 12.5. The Morgan fingerprint density at radius 2 is 1.83 bits per heavy atom. The number of rotatable bonds is 7. The van der Waals surface area contributed by atoms with E-state index in [4.69, 9.17) is 0 Å². The zero-order valence-electron chi connectivity index (χ0n) is 27.9. The molecule has 0 spiro atoms. The first-order chi connectivity index (χ1) is 21.5. The van der Waals surface area contributed by atoms with Gasteiger partial charge in [-0.1, -0.05) is 71.9 Å². The van der Waals surface area contributed by atoms with Crippen LogP contribution in [-0.4, -0.2) is 68.5 Å². The molecule has 46 heavy (non-hydrogen) atoms. The van der Waals surface area contributed by atoms with Gasteiger partial charge in [0.15, 0.2) is 6.17 Å². The number of aliphatic hydroxyl groups is 1. The molecule has 2 aromatic carbocycles. The van der Waals surface area contributed by atoms with E-state index in [1.54, 1.807) is 23.5 Å². The van der Waals surface area contributed by atoms with Crippen LogP contribution in [0.1, 0.15) is 87.3 Å². The van der Waals surface area contributed by atoms with E-state index in [1.165, 1.54) is 4.90 Å². The second-order valence-corrected chi connectivity index (χ2v) is 15.8. The minimum absolute atomic E-state index is 0.0443. The molecule has 2 N–H and O–H groups in total. The van der Waals surface area contributed by atoms with Crippen LogP contribution in [0.3, 0.4) is 0 Å². The Morgan fingerprint density at radius 1 is 1.13 bits per heavy atom. The number of alkyl halides is 1. The first-order valence-electron chi connectivity index (χ1n) is 15.8. The van der Waals surface area contributed by atoms with Crippen LogP contribution in [0.25, 0.3) is 10.4 Å². The van der Waals surface area contributed by atoms with Crippen LogP contribution in [0, 0.1) is 17.8 Å². The highest BCUT2D eigenvalue weighted by atomic mass is 32.1. The lowest BCUT2D eigenvalue weighted by Gasteiger charge is -2.40. The van der Waals surface area contributed by atoms with Crippen molar-refractivity contribution in [2.45, 2.75) is 98.8 Å². The molecule has 8 nitrogen and oxygen atoms in total. The summed E-state index contributed by atoms with van der Waals surface area (Å²) in [5.41, 5.74) is 6.34. The third-order valence-corrected chi connectivity index (χ3v) is 9.83. The van der Waals surface area contributed by atoms with E-state index in [1.807, 2.05) is 64.4 Å². The van der Waals surface area contributed by atoms with Crippen LogP contribution >= 0.6 is 11.3 Å². The van der Waals surface area contributed by atoms with E-state index in [0.29, 0.717) is 5.56 Å². The fourth-order valence-corrected chi connectivity index (χ4v) is 7.58. The van der Waals surface area contributed by atoms with E-state index in [9.17, 15) is 19.5 Å². The predicted molar refractivity (Wildman–Crippen MR) is 178 cm³/mol. The Hall–Kier alpha value is -3.63. The number of nitrogens with zero attached hydrogens (tertiary/aromatic N) is 3. The van der Waals surface area contributed by atoms with Crippen molar-refractivity contribution >= 4 is 29.1 Å². The quantitative estimate of drug-likeness (QED) is 0.334. The molecule has 246 valence electrons. The van der Waals surface area contributed by atoms with Crippen molar-refractivity contribution in [1.82, 2.24) is 20.1 Å². The van der Waals surface area contributed by atoms with E-state index < -0.39 is 47.6 Å². The van der Waals surface area contributed by atoms with Gasteiger partial charge in [0, 0.05) is 12.1 Å². The number of aliphatic hydroxyl groups excluding tert-OH is 1. The molecule has 1 fully saturated rings. The molecule has 2 aliphatic rings. The summed E-state index contributed by atoms with van der Waals surface area (Å²) in [7, 11) is 0. The number of carbonyl (C=O) groups is 3. The van der Waals surface area contributed by atoms with Crippen molar-refractivity contribution in [3.8, 4) is 10.4 Å². The van der Waals surface area contributed by atoms with Crippen LogP contribution in [0.15, 0.2) is 48.0 Å². The second-order valence-electron chi connectivity index (χ2n) is 15.0. The highest BCUT2D eigenvalue weighted by Crippen LogP contribution is 2.37. The number of hydrogen-bond acceptors (Lipinski definition) is 6. The van der Waals surface area contributed by atoms with Gasteiger partial charge in [-0.25, -0.2) is 9.37 Å². The minimum Gasteiger partial charge on any atom is -0.388 e. The van der Waals surface area contributed by atoms with Crippen LogP contribution in [0.5, 0.6) is 0 Å². The number of likely N-dealkylation sites (tertiary alicyclic amines) is 1. The number of thiazole rings is 1. The molecule has 3 heterocycles. The number of aromatic nitrogens is 1. The van der Waals surface area contributed by atoms with Gasteiger partial charge in [-0.05, 0) is 65.5 Å². The summed E-state index contributed by atoms with van der Waals surface area (Å²) in [6.45, 7) is 15.7. The topological polar surface area (TPSA) is 103 Å². The number of fused-ring (bicyclic) bond motifs is 1. The van der Waals surface area contributed by atoms with E-state index >= 15 is 4.39 Å². The number of carbonyl (C=O) groups excluding carboxylic acids is 3. The van der Waals surface area contributed by atoms with Gasteiger partial charge in [0.2, 0.25) is 11.8 Å². The third-order valence-electron chi connectivity index (χ3n) is 8.85. The first-order valence-corrected chi connectivity index (χ1v) is 16.7. The average Bonchev–Trinajstić information content (AvgIpc) is 3.62. The largest absolute Gasteiger partial charge is 0.388 e. The number of benzene rings is 2. The molecule has 0 unspecified atom stereocenters. The van der Waals surface area contributed by atoms with Crippen molar-refractivity contribution < 1.29 is 23.9 Å². The van der Waals surface area contributed by atoms with Crippen molar-refractivity contribution in [3.63, 3.8) is 0 Å². The number of halogens is 1. The highest BCUT2D eigenvalue weighted by Gasteiger charge is 2.53. The molecule has 0 saturated carbocycles. The van der Waals surface area contributed by atoms with Crippen LogP contribution in [0.2, 0.25) is 0 Å². The number of hydrogen-bond donors (Lipinski definition) is 2. The summed E-state index contributed by atoms with van der Waals surface area (Å²) in [6.07, 6.45) is -2.76. The van der Waals surface area contributed by atoms with Crippen LogP contribution in [0.4, 0.5) is 4.39 Å². The van der Waals surface area contributed by atoms with Gasteiger partial charge in [0.1, 0.15) is 18.2 Å². The Morgan fingerprint density at radius 3 is 2.43 bits per heavy atom. The fraction of sp³-hybridized carbons (Fsp3) is 0.500. The summed E-state index contributed by atoms with van der Waals surface area (Å²) in [5.74, 6) is -1.52. The van der Waals surface area contributed by atoms with Crippen molar-refractivity contribution in [2.75, 3.05) is 6.54 Å². The predicted octanol–water partition coefficient (Wildman–Crippen LogP) is 5.86. The van der Waals surface area contributed by atoms with Crippen molar-refractivity contribution in [2.24, 2.45) is 10.8 Å². The summed E-state index contributed by atoms with van der Waals surface area (Å²) < 4.78 is 15.7. The molecule has 3 aromatic rings. The fourth-order valence-electron chi connectivity index (χ4n) is 6.77. The molecule has 0 radical (unpaired) electrons. The smallest absolute Gasteiger partial charge is 0.255 e. The Balaban J connectivity index is 1.42. The maximum atomic E-state index is 15.7. The highest BCUT2D eigenvalue weighted by molar-refractivity contribution is 7.13. The summed E-state index contributed by atoms with van der Waals surface area (Å²) in [6, 6.07) is 10.3. The molecule has 10 heteroatoms. The normalized spacial score (nSPS) is 21.3. The Labute approximate surface area is 275 Å². The van der Waals surface area contributed by atoms with Gasteiger partial charge >= 0.3 is 0 Å². The number of amides is 3. The molecule has 5 atom stereocenters. The average molecular weight is 649 g/mol. The van der Waals surface area contributed by atoms with Gasteiger partial charge < -0.3 is 20.2 Å². The van der Waals surface area contributed by atoms with E-state index in [0.717, 1.165) is 44.1 Å². The van der Waals surface area contributed by atoms with E-state index in [2.05, 4.69) is 37.1 Å². The molecule has 0 bridgehead atoms. The van der Waals surface area contributed by atoms with Crippen molar-refractivity contribution in [1.29, 1.82) is 0 Å². The molecule has 0 aliphatic carbocycles. The zero-order chi connectivity index (χ0) is 33.7. The van der Waals surface area contributed by atoms with E-state index in [-0.39, 0.29) is 24.4 Å². The molecule has 1 saturated heterocycles. The molecular weight excluding hydrogens is 603 g/mol. The molecule has 3 amide bonds. The molecule has 2 aliphatic heterocycles. The standard InChI is InChI=1S/C36H45FN4O4S/c1-20(25-14-13-22(30-21(2)38-19-46-30)15-24(25)16-35(3,4)5)39-32(43)29-28(37)27(42)18-40(29)34(45)31(36(6,7)8)41-17-23-11-9-10-12-26(23)33(41)44/h9-15,19-20,27-29,31,42H,16-18H2,1-8H3,(H,39,43)/t20-,27-,28-,29-,31+/m0/s1. The molecule has 1 aromatic heterocycles. The van der Waals surface area contributed by atoms with Gasteiger partial charge in [-0.2, -0.15) is 0 Å². The summed E-state index contributed by atoms with van der Waals surface area (Å²) >= 11 is 1.58. The maximum absolute atomic E-state index is 15.7. The molecular formula is C36H45FN4O4S. The maximum Gasteiger partial charge on any atom is 0.255 e. The zero-order valence-corrected chi connectivity index (χ0v) is 28.7. The van der Waals surface area contributed by atoms with Crippen LogP contribution < -0.4 is 5.32 Å². The number of β-amino-alcohol motifs (C(OH)–C–C–N with tert-alkyl or cyclic N) is 1. The van der Waals surface area contributed by atoms with Gasteiger partial charge in [-0.3, -0.25) is 14.4 Å². The Bertz CT molecular complexity index is 1640.